The number of hydrogen-bond acceptors (Lipinski definition) is 2. The van der Waals surface area contributed by atoms with Crippen molar-refractivity contribution < 1.29 is 4.74 Å². The van der Waals surface area contributed by atoms with E-state index in [1.807, 2.05) is 0 Å². The first-order valence-electron chi connectivity index (χ1n) is 7.37. The summed E-state index contributed by atoms with van der Waals surface area (Å²) in [7, 11) is 2.22. The van der Waals surface area contributed by atoms with Gasteiger partial charge in [0.2, 0.25) is 0 Å². The van der Waals surface area contributed by atoms with Crippen LogP contribution in [0.15, 0.2) is 12.1 Å². The van der Waals surface area contributed by atoms with Gasteiger partial charge in [-0.1, -0.05) is 32.9 Å². The average molecular weight is 259 g/mol. The second-order valence-corrected chi connectivity index (χ2v) is 7.18. The van der Waals surface area contributed by atoms with E-state index in [1.54, 1.807) is 5.56 Å². The molecule has 0 saturated heterocycles. The molecule has 1 aromatic carbocycles. The number of likely N-dealkylation sites (N-methyl/N-ethyl adjacent to an activating group) is 1. The number of rotatable bonds is 0. The second-order valence-electron chi connectivity index (χ2n) is 7.18. The van der Waals surface area contributed by atoms with Gasteiger partial charge in [0.25, 0.3) is 0 Å². The fourth-order valence-corrected chi connectivity index (χ4v) is 3.44. The Balaban J connectivity index is 2.14. The molecule has 0 amide bonds. The predicted octanol–water partition coefficient (Wildman–Crippen LogP) is 3.09. The molecule has 104 valence electrons. The van der Waals surface area contributed by atoms with Crippen molar-refractivity contribution >= 4 is 0 Å². The Kier molecular flexibility index (Phi) is 3.18. The van der Waals surface area contributed by atoms with Crippen LogP contribution in [0.5, 0.6) is 0 Å². The molecule has 2 heteroatoms. The molecule has 0 aromatic heterocycles. The van der Waals surface area contributed by atoms with E-state index in [1.165, 1.54) is 16.7 Å². The summed E-state index contributed by atoms with van der Waals surface area (Å²) in [4.78, 5) is 2.43. The summed E-state index contributed by atoms with van der Waals surface area (Å²) < 4.78 is 5.82. The molecule has 0 bridgehead atoms. The average Bonchev–Trinajstić information content (AvgIpc) is 2.51. The number of nitrogens with zero attached hydrogens (tertiary/aromatic N) is 1. The van der Waals surface area contributed by atoms with E-state index < -0.39 is 0 Å². The molecule has 0 N–H and O–H groups in total. The molecule has 2 aliphatic rings. The Bertz CT molecular complexity index is 487. The van der Waals surface area contributed by atoms with Crippen LogP contribution in [-0.4, -0.2) is 31.7 Å². The van der Waals surface area contributed by atoms with Gasteiger partial charge in [0.1, 0.15) is 0 Å². The molecular weight excluding hydrogens is 234 g/mol. The van der Waals surface area contributed by atoms with E-state index in [9.17, 15) is 0 Å². The molecule has 0 fully saturated rings. The van der Waals surface area contributed by atoms with Gasteiger partial charge in [-0.2, -0.15) is 0 Å². The third kappa shape index (κ3) is 2.44. The van der Waals surface area contributed by atoms with Crippen LogP contribution in [0.1, 0.15) is 48.9 Å². The third-order valence-corrected chi connectivity index (χ3v) is 4.43. The van der Waals surface area contributed by atoms with Crippen molar-refractivity contribution in [3.63, 3.8) is 0 Å². The molecule has 0 aliphatic carbocycles. The molecule has 0 saturated carbocycles. The maximum absolute atomic E-state index is 5.82. The van der Waals surface area contributed by atoms with E-state index in [2.05, 4.69) is 44.9 Å². The van der Waals surface area contributed by atoms with E-state index in [-0.39, 0.29) is 5.41 Å². The van der Waals surface area contributed by atoms with Crippen LogP contribution in [0.2, 0.25) is 0 Å². The van der Waals surface area contributed by atoms with E-state index in [0.29, 0.717) is 5.92 Å². The number of hydrogen-bond donors (Lipinski definition) is 0. The number of ether oxygens (including phenoxy) is 1. The highest BCUT2D eigenvalue weighted by Crippen LogP contribution is 2.36. The maximum atomic E-state index is 5.82. The maximum Gasteiger partial charge on any atom is 0.0547 e. The van der Waals surface area contributed by atoms with Crippen LogP contribution < -0.4 is 0 Å². The Morgan fingerprint density at radius 1 is 1.21 bits per heavy atom. The largest absolute Gasteiger partial charge is 0.380 e. The first kappa shape index (κ1) is 13.1. The summed E-state index contributed by atoms with van der Waals surface area (Å²) in [6, 6.07) is 4.87. The molecule has 1 aromatic rings. The molecule has 0 radical (unpaired) electrons. The van der Waals surface area contributed by atoms with Gasteiger partial charge in [-0.25, -0.2) is 0 Å². The predicted molar refractivity (Wildman–Crippen MR) is 78.7 cm³/mol. The molecule has 2 aliphatic heterocycles. The van der Waals surface area contributed by atoms with Crippen molar-refractivity contribution in [2.45, 2.75) is 45.1 Å². The van der Waals surface area contributed by atoms with Gasteiger partial charge in [0, 0.05) is 19.0 Å². The van der Waals surface area contributed by atoms with Crippen molar-refractivity contribution in [3.05, 3.63) is 34.4 Å². The molecule has 1 atom stereocenters. The van der Waals surface area contributed by atoms with Gasteiger partial charge in [-0.3, -0.25) is 0 Å². The minimum absolute atomic E-state index is 0.226. The quantitative estimate of drug-likeness (QED) is 0.710. The minimum Gasteiger partial charge on any atom is -0.380 e. The van der Waals surface area contributed by atoms with Gasteiger partial charge in [0.15, 0.2) is 0 Å². The lowest BCUT2D eigenvalue weighted by atomic mass is 9.79. The van der Waals surface area contributed by atoms with Gasteiger partial charge in [0.05, 0.1) is 13.2 Å². The van der Waals surface area contributed by atoms with E-state index in [4.69, 9.17) is 4.74 Å². The Morgan fingerprint density at radius 2 is 1.95 bits per heavy atom. The summed E-state index contributed by atoms with van der Waals surface area (Å²) in [5.74, 6) is 0.570. The van der Waals surface area contributed by atoms with Crippen molar-refractivity contribution in [1.29, 1.82) is 0 Å². The topological polar surface area (TPSA) is 12.5 Å². The molecule has 2 heterocycles. The summed E-state index contributed by atoms with van der Waals surface area (Å²) in [6.07, 6.45) is 1.08. The lowest BCUT2D eigenvalue weighted by Crippen LogP contribution is -2.33. The fraction of sp³-hybridized carbons (Fsp3) is 0.647. The summed E-state index contributed by atoms with van der Waals surface area (Å²) in [5.41, 5.74) is 6.37. The summed E-state index contributed by atoms with van der Waals surface area (Å²) in [5, 5.41) is 0. The monoisotopic (exact) mass is 259 g/mol. The smallest absolute Gasteiger partial charge is 0.0547 e. The van der Waals surface area contributed by atoms with Crippen LogP contribution in [0.3, 0.4) is 0 Å². The highest BCUT2D eigenvalue weighted by molar-refractivity contribution is 5.45. The van der Waals surface area contributed by atoms with Gasteiger partial charge < -0.3 is 9.64 Å². The van der Waals surface area contributed by atoms with Crippen LogP contribution in [0, 0.1) is 0 Å². The molecular formula is C17H25NO. The van der Waals surface area contributed by atoms with Crippen LogP contribution in [0.25, 0.3) is 0 Å². The van der Waals surface area contributed by atoms with Crippen LogP contribution in [0.4, 0.5) is 0 Å². The molecule has 1 unspecified atom stereocenters. The van der Waals surface area contributed by atoms with Crippen molar-refractivity contribution in [1.82, 2.24) is 4.90 Å². The number of benzene rings is 1. The highest BCUT2D eigenvalue weighted by atomic mass is 16.5. The summed E-state index contributed by atoms with van der Waals surface area (Å²) >= 11 is 0. The normalized spacial score (nSPS) is 23.9. The first-order chi connectivity index (χ1) is 8.95. The lowest BCUT2D eigenvalue weighted by molar-refractivity contribution is 0.114. The Labute approximate surface area is 116 Å². The SMILES string of the molecule is CN1Cc2cc(C(C)(C)C)cc3c2C(COCC3)C1. The fourth-order valence-electron chi connectivity index (χ4n) is 3.44. The first-order valence-corrected chi connectivity index (χ1v) is 7.37. The highest BCUT2D eigenvalue weighted by Gasteiger charge is 2.29. The molecule has 3 rings (SSSR count). The van der Waals surface area contributed by atoms with Gasteiger partial charge in [-0.15, -0.1) is 0 Å². The minimum atomic E-state index is 0.226. The molecule has 2 nitrogen and oxygen atoms in total. The zero-order chi connectivity index (χ0) is 13.6. The van der Waals surface area contributed by atoms with Crippen LogP contribution in [-0.2, 0) is 23.1 Å². The van der Waals surface area contributed by atoms with E-state index in [0.717, 1.165) is 32.7 Å². The van der Waals surface area contributed by atoms with Crippen LogP contribution >= 0.6 is 0 Å². The molecule has 19 heavy (non-hydrogen) atoms. The second kappa shape index (κ2) is 4.60. The zero-order valence-electron chi connectivity index (χ0n) is 12.6. The van der Waals surface area contributed by atoms with Gasteiger partial charge in [-0.05, 0) is 41.1 Å². The Morgan fingerprint density at radius 3 is 2.68 bits per heavy atom. The van der Waals surface area contributed by atoms with Gasteiger partial charge >= 0.3 is 0 Å². The van der Waals surface area contributed by atoms with E-state index >= 15 is 0 Å². The van der Waals surface area contributed by atoms with Crippen molar-refractivity contribution in [2.24, 2.45) is 0 Å². The molecule has 0 spiro atoms. The zero-order valence-corrected chi connectivity index (χ0v) is 12.6. The Hall–Kier alpha value is -0.860. The standard InChI is InChI=1S/C17H25NO/c1-17(2,3)15-7-12-5-6-19-11-14-10-18(4)9-13(8-15)16(12)14/h7-8,14H,5-6,9-11H2,1-4H3. The summed E-state index contributed by atoms with van der Waals surface area (Å²) in [6.45, 7) is 10.9. The van der Waals surface area contributed by atoms with Crippen molar-refractivity contribution in [3.8, 4) is 0 Å². The lowest BCUT2D eigenvalue weighted by Gasteiger charge is -2.34. The van der Waals surface area contributed by atoms with Crippen molar-refractivity contribution in [2.75, 3.05) is 26.8 Å². The third-order valence-electron chi connectivity index (χ3n) is 4.43.